The van der Waals surface area contributed by atoms with Gasteiger partial charge in [0.25, 0.3) is 0 Å². The number of para-hydroxylation sites is 1. The normalized spacial score (nSPS) is 15.9. The van der Waals surface area contributed by atoms with Crippen molar-refractivity contribution in [3.05, 3.63) is 30.3 Å². The van der Waals surface area contributed by atoms with Crippen LogP contribution in [0.25, 0.3) is 0 Å². The van der Waals surface area contributed by atoms with Gasteiger partial charge in [0.1, 0.15) is 0 Å². The molecule has 0 atom stereocenters. The van der Waals surface area contributed by atoms with E-state index in [1.165, 1.54) is 0 Å². The first kappa shape index (κ1) is 16.0. The lowest BCUT2D eigenvalue weighted by molar-refractivity contribution is 0.218. The second-order valence-electron chi connectivity index (χ2n) is 5.40. The molecule has 1 heterocycles. The van der Waals surface area contributed by atoms with Gasteiger partial charge in [-0.1, -0.05) is 18.2 Å². The van der Waals surface area contributed by atoms with Crippen molar-refractivity contribution < 1.29 is 13.6 Å². The van der Waals surface area contributed by atoms with Gasteiger partial charge in [-0.05, 0) is 31.1 Å². The quantitative estimate of drug-likeness (QED) is 0.727. The first-order valence-electron chi connectivity index (χ1n) is 7.31. The van der Waals surface area contributed by atoms with Gasteiger partial charge >= 0.3 is 14.6 Å². The fourth-order valence-corrected chi connectivity index (χ4v) is 3.89. The van der Waals surface area contributed by atoms with E-state index >= 15 is 0 Å². The van der Waals surface area contributed by atoms with Gasteiger partial charge in [0.05, 0.1) is 0 Å². The first-order chi connectivity index (χ1) is 10.1. The Bertz CT molecular complexity index is 465. The number of benzene rings is 1. The Kier molecular flexibility index (Phi) is 5.38. The summed E-state index contributed by atoms with van der Waals surface area (Å²) in [6.45, 7) is 4.35. The van der Waals surface area contributed by atoms with Crippen molar-refractivity contribution >= 4 is 20.3 Å². The van der Waals surface area contributed by atoms with E-state index in [2.05, 4.69) is 6.55 Å². The second kappa shape index (κ2) is 7.06. The van der Waals surface area contributed by atoms with Gasteiger partial charge in [0.2, 0.25) is 0 Å². The fourth-order valence-electron chi connectivity index (χ4n) is 2.52. The summed E-state index contributed by atoms with van der Waals surface area (Å²) in [5.41, 5.74) is 0.970. The Balaban J connectivity index is 1.85. The Morgan fingerprint density at radius 1 is 1.14 bits per heavy atom. The van der Waals surface area contributed by atoms with Gasteiger partial charge in [-0.3, -0.25) is 4.90 Å². The Hall–Kier alpha value is -1.37. The zero-order valence-corrected chi connectivity index (χ0v) is 14.0. The molecule has 0 aromatic heterocycles. The maximum absolute atomic E-state index is 12.4. The molecular weight excluding hydrogens is 284 g/mol. The summed E-state index contributed by atoms with van der Waals surface area (Å²) >= 11 is 0. The molecule has 1 aromatic carbocycles. The standard InChI is InChI=1S/C15H24N2O3Si/c1-19-21(3,20-2)13-7-10-16-11-12-17(15(16)18)14-8-5-4-6-9-14/h4-6,8-9H,7,10-13H2,1-3H3. The molecule has 0 saturated carbocycles. The van der Waals surface area contributed by atoms with E-state index in [0.29, 0.717) is 0 Å². The molecule has 21 heavy (non-hydrogen) atoms. The zero-order valence-electron chi connectivity index (χ0n) is 13.0. The van der Waals surface area contributed by atoms with E-state index in [1.54, 1.807) is 14.2 Å². The average Bonchev–Trinajstić information content (AvgIpc) is 2.89. The second-order valence-corrected chi connectivity index (χ2v) is 8.99. The maximum Gasteiger partial charge on any atom is 0.334 e. The molecule has 1 aromatic rings. The number of hydrogen-bond donors (Lipinski definition) is 0. The van der Waals surface area contributed by atoms with Crippen LogP contribution >= 0.6 is 0 Å². The topological polar surface area (TPSA) is 42.0 Å². The molecule has 0 aliphatic carbocycles. The van der Waals surface area contributed by atoms with E-state index in [4.69, 9.17) is 8.85 Å². The third-order valence-electron chi connectivity index (χ3n) is 4.09. The maximum atomic E-state index is 12.4. The van der Waals surface area contributed by atoms with Gasteiger partial charge < -0.3 is 13.8 Å². The molecule has 6 heteroatoms. The first-order valence-corrected chi connectivity index (χ1v) is 9.84. The number of anilines is 1. The van der Waals surface area contributed by atoms with Crippen LogP contribution in [0, 0.1) is 0 Å². The minimum absolute atomic E-state index is 0.0967. The van der Waals surface area contributed by atoms with Crippen molar-refractivity contribution in [2.24, 2.45) is 0 Å². The molecule has 1 saturated heterocycles. The molecule has 1 aliphatic heterocycles. The van der Waals surface area contributed by atoms with Crippen LogP contribution in [0.3, 0.4) is 0 Å². The highest BCUT2D eigenvalue weighted by molar-refractivity contribution is 6.65. The van der Waals surface area contributed by atoms with Crippen LogP contribution in [-0.4, -0.2) is 53.3 Å². The van der Waals surface area contributed by atoms with Crippen LogP contribution < -0.4 is 4.90 Å². The Morgan fingerprint density at radius 2 is 1.81 bits per heavy atom. The van der Waals surface area contributed by atoms with Crippen molar-refractivity contribution in [3.8, 4) is 0 Å². The number of urea groups is 1. The predicted octanol–water partition coefficient (Wildman–Crippen LogP) is 2.68. The summed E-state index contributed by atoms with van der Waals surface area (Å²) in [5.74, 6) is 0. The van der Waals surface area contributed by atoms with Gasteiger partial charge in [0, 0.05) is 39.5 Å². The van der Waals surface area contributed by atoms with Crippen molar-refractivity contribution in [3.63, 3.8) is 0 Å². The van der Waals surface area contributed by atoms with E-state index < -0.39 is 8.56 Å². The summed E-state index contributed by atoms with van der Waals surface area (Å²) < 4.78 is 10.9. The summed E-state index contributed by atoms with van der Waals surface area (Å²) in [4.78, 5) is 16.1. The fraction of sp³-hybridized carbons (Fsp3) is 0.533. The van der Waals surface area contributed by atoms with E-state index in [0.717, 1.165) is 37.8 Å². The van der Waals surface area contributed by atoms with Crippen molar-refractivity contribution in [1.82, 2.24) is 4.90 Å². The molecular formula is C15H24N2O3Si. The van der Waals surface area contributed by atoms with Crippen LogP contribution in [0.2, 0.25) is 12.6 Å². The number of nitrogens with zero attached hydrogens (tertiary/aromatic N) is 2. The van der Waals surface area contributed by atoms with Crippen LogP contribution in [0.4, 0.5) is 10.5 Å². The largest absolute Gasteiger partial charge is 0.398 e. The molecule has 116 valence electrons. The summed E-state index contributed by atoms with van der Waals surface area (Å²) in [7, 11) is 1.38. The minimum Gasteiger partial charge on any atom is -0.398 e. The summed E-state index contributed by atoms with van der Waals surface area (Å²) in [6.07, 6.45) is 0.915. The minimum atomic E-state index is -2.02. The SMILES string of the molecule is CO[Si](C)(CCCN1CCN(c2ccccc2)C1=O)OC. The molecule has 0 unspecified atom stereocenters. The number of amides is 2. The highest BCUT2D eigenvalue weighted by Gasteiger charge is 2.31. The lowest BCUT2D eigenvalue weighted by atomic mass is 10.3. The van der Waals surface area contributed by atoms with Crippen LogP contribution in [0.15, 0.2) is 30.3 Å². The highest BCUT2D eigenvalue weighted by atomic mass is 28.4. The summed E-state index contributed by atoms with van der Waals surface area (Å²) in [5, 5.41) is 0. The monoisotopic (exact) mass is 308 g/mol. The van der Waals surface area contributed by atoms with E-state index in [-0.39, 0.29) is 6.03 Å². The molecule has 0 radical (unpaired) electrons. The van der Waals surface area contributed by atoms with Crippen LogP contribution in [0.1, 0.15) is 6.42 Å². The Morgan fingerprint density at radius 3 is 2.43 bits per heavy atom. The molecule has 0 N–H and O–H groups in total. The average molecular weight is 308 g/mol. The van der Waals surface area contributed by atoms with Gasteiger partial charge in [-0.15, -0.1) is 0 Å². The third kappa shape index (κ3) is 3.84. The summed E-state index contributed by atoms with van der Waals surface area (Å²) in [6, 6.07) is 10.8. The molecule has 2 amide bonds. The zero-order chi connectivity index (χ0) is 15.3. The molecule has 0 bridgehead atoms. The smallest absolute Gasteiger partial charge is 0.334 e. The number of carbonyl (C=O) groups is 1. The van der Waals surface area contributed by atoms with Gasteiger partial charge in [-0.25, -0.2) is 4.79 Å². The van der Waals surface area contributed by atoms with Crippen LogP contribution in [-0.2, 0) is 8.85 Å². The molecule has 1 aliphatic rings. The lowest BCUT2D eigenvalue weighted by Gasteiger charge is -2.24. The highest BCUT2D eigenvalue weighted by Crippen LogP contribution is 2.21. The number of carbonyl (C=O) groups excluding carboxylic acids is 1. The molecule has 1 fully saturated rings. The molecule has 0 spiro atoms. The van der Waals surface area contributed by atoms with E-state index in [1.807, 2.05) is 40.1 Å². The van der Waals surface area contributed by atoms with Crippen molar-refractivity contribution in [2.75, 3.05) is 38.8 Å². The molecule has 2 rings (SSSR count). The van der Waals surface area contributed by atoms with Crippen molar-refractivity contribution in [1.29, 1.82) is 0 Å². The number of hydrogen-bond acceptors (Lipinski definition) is 3. The van der Waals surface area contributed by atoms with E-state index in [9.17, 15) is 4.79 Å². The van der Waals surface area contributed by atoms with Crippen LogP contribution in [0.5, 0.6) is 0 Å². The predicted molar refractivity (Wildman–Crippen MR) is 85.8 cm³/mol. The Labute approximate surface area is 127 Å². The lowest BCUT2D eigenvalue weighted by Crippen LogP contribution is -2.38. The number of rotatable bonds is 7. The molecule has 5 nitrogen and oxygen atoms in total. The van der Waals surface area contributed by atoms with Crippen molar-refractivity contribution in [2.45, 2.75) is 19.0 Å². The van der Waals surface area contributed by atoms with Gasteiger partial charge in [0.15, 0.2) is 0 Å². The third-order valence-corrected chi connectivity index (χ3v) is 7.07. The van der Waals surface area contributed by atoms with Gasteiger partial charge in [-0.2, -0.15) is 0 Å².